The first-order chi connectivity index (χ1) is 19.6. The van der Waals surface area contributed by atoms with E-state index in [-0.39, 0.29) is 11.8 Å². The summed E-state index contributed by atoms with van der Waals surface area (Å²) in [5.41, 5.74) is 3.69. The molecular weight excluding hydrogens is 518 g/mol. The minimum Gasteiger partial charge on any atom is -0.480 e. The van der Waals surface area contributed by atoms with Crippen molar-refractivity contribution in [3.8, 4) is 22.8 Å². The van der Waals surface area contributed by atoms with E-state index in [0.717, 1.165) is 36.0 Å². The highest BCUT2D eigenvalue weighted by molar-refractivity contribution is 5.96. The number of carboxylic acids is 1. The van der Waals surface area contributed by atoms with Crippen LogP contribution >= 0.6 is 0 Å². The first-order valence-corrected chi connectivity index (χ1v) is 14.0. The van der Waals surface area contributed by atoms with Crippen molar-refractivity contribution < 1.29 is 19.2 Å². The van der Waals surface area contributed by atoms with E-state index in [1.807, 2.05) is 36.4 Å². The third-order valence-corrected chi connectivity index (χ3v) is 6.89. The van der Waals surface area contributed by atoms with Gasteiger partial charge in [-0.2, -0.15) is 4.98 Å². The molecule has 0 saturated heterocycles. The molecule has 4 aromatic rings. The van der Waals surface area contributed by atoms with E-state index < -0.39 is 17.9 Å². The highest BCUT2D eigenvalue weighted by atomic mass is 16.5. The molecule has 41 heavy (non-hydrogen) atoms. The molecule has 9 nitrogen and oxygen atoms in total. The van der Waals surface area contributed by atoms with Gasteiger partial charge in [-0.05, 0) is 35.1 Å². The summed E-state index contributed by atoms with van der Waals surface area (Å²) in [5.74, 6) is 0.0752. The van der Waals surface area contributed by atoms with Gasteiger partial charge in [0.2, 0.25) is 11.7 Å². The van der Waals surface area contributed by atoms with E-state index in [2.05, 4.69) is 53.1 Å². The zero-order valence-corrected chi connectivity index (χ0v) is 24.1. The van der Waals surface area contributed by atoms with Crippen molar-refractivity contribution >= 4 is 11.9 Å². The molecule has 4 rings (SSSR count). The summed E-state index contributed by atoms with van der Waals surface area (Å²) >= 11 is 0. The van der Waals surface area contributed by atoms with Crippen LogP contribution in [0.1, 0.15) is 80.8 Å². The number of aromatic nitrogens is 4. The zero-order valence-electron chi connectivity index (χ0n) is 24.1. The first kappa shape index (κ1) is 29.6. The number of carboxylic acid groups (broad SMARTS) is 1. The van der Waals surface area contributed by atoms with Crippen LogP contribution in [-0.2, 0) is 23.1 Å². The fraction of sp³-hybridized carbons (Fsp3) is 0.375. The van der Waals surface area contributed by atoms with Gasteiger partial charge in [-0.15, -0.1) is 0 Å². The van der Waals surface area contributed by atoms with Crippen LogP contribution in [0.4, 0.5) is 0 Å². The van der Waals surface area contributed by atoms with Crippen LogP contribution in [0.2, 0.25) is 0 Å². The van der Waals surface area contributed by atoms with E-state index in [0.29, 0.717) is 28.7 Å². The smallest absolute Gasteiger partial charge is 0.326 e. The van der Waals surface area contributed by atoms with Crippen molar-refractivity contribution in [1.29, 1.82) is 0 Å². The Hall–Kier alpha value is -4.40. The lowest BCUT2D eigenvalue weighted by Crippen LogP contribution is -2.42. The maximum atomic E-state index is 12.7. The average Bonchev–Trinajstić information content (AvgIpc) is 3.44. The molecule has 0 radical (unpaired) electrons. The molecule has 2 aromatic carbocycles. The van der Waals surface area contributed by atoms with Gasteiger partial charge in [0.25, 0.3) is 5.91 Å². The lowest BCUT2D eigenvalue weighted by Gasteiger charge is -2.19. The Labute approximate surface area is 240 Å². The van der Waals surface area contributed by atoms with Crippen LogP contribution in [-0.4, -0.2) is 43.1 Å². The molecule has 1 amide bonds. The quantitative estimate of drug-likeness (QED) is 0.202. The van der Waals surface area contributed by atoms with Crippen molar-refractivity contribution in [1.82, 2.24) is 25.4 Å². The van der Waals surface area contributed by atoms with E-state index >= 15 is 0 Å². The molecule has 1 atom stereocenters. The molecule has 2 heterocycles. The number of aryl methyl sites for hydroxylation is 1. The topological polar surface area (TPSA) is 131 Å². The molecule has 2 N–H and O–H groups in total. The third kappa shape index (κ3) is 8.06. The number of unbranched alkanes of at least 4 members (excludes halogenated alkanes) is 3. The summed E-state index contributed by atoms with van der Waals surface area (Å²) in [4.78, 5) is 38.0. The molecule has 0 aliphatic heterocycles. The summed E-state index contributed by atoms with van der Waals surface area (Å²) in [5, 5.41) is 16.4. The van der Waals surface area contributed by atoms with Gasteiger partial charge in [-0.3, -0.25) is 4.79 Å². The van der Waals surface area contributed by atoms with Crippen LogP contribution < -0.4 is 5.32 Å². The number of nitrogens with one attached hydrogen (secondary N) is 1. The average molecular weight is 556 g/mol. The van der Waals surface area contributed by atoms with Gasteiger partial charge in [0.1, 0.15) is 6.04 Å². The Morgan fingerprint density at radius 1 is 0.902 bits per heavy atom. The van der Waals surface area contributed by atoms with Gasteiger partial charge in [-0.25, -0.2) is 14.8 Å². The second kappa shape index (κ2) is 13.3. The molecular formula is C32H37N5O4. The molecule has 0 bridgehead atoms. The van der Waals surface area contributed by atoms with E-state index in [4.69, 9.17) is 4.52 Å². The molecule has 214 valence electrons. The number of aliphatic carboxylic acids is 1. The maximum absolute atomic E-state index is 12.7. The number of rotatable bonds is 12. The predicted molar refractivity (Wildman–Crippen MR) is 156 cm³/mol. The zero-order chi connectivity index (χ0) is 29.4. The van der Waals surface area contributed by atoms with Gasteiger partial charge >= 0.3 is 5.97 Å². The molecule has 0 aliphatic carbocycles. The fourth-order valence-corrected chi connectivity index (χ4v) is 4.36. The minimum atomic E-state index is -1.10. The van der Waals surface area contributed by atoms with Crippen LogP contribution in [0, 0.1) is 0 Å². The molecule has 0 aliphatic rings. The summed E-state index contributed by atoms with van der Waals surface area (Å²) in [6.45, 7) is 8.46. The summed E-state index contributed by atoms with van der Waals surface area (Å²) < 4.78 is 5.36. The van der Waals surface area contributed by atoms with Gasteiger partial charge in [0.05, 0.1) is 5.56 Å². The number of carbonyl (C=O) groups is 2. The summed E-state index contributed by atoms with van der Waals surface area (Å²) in [6, 6.07) is 13.5. The number of nitrogens with zero attached hydrogens (tertiary/aromatic N) is 4. The van der Waals surface area contributed by atoms with Crippen LogP contribution in [0.25, 0.3) is 22.8 Å². The number of hydrogen-bond donors (Lipinski definition) is 2. The standard InChI is InChI=1S/C32H37N5O4/c1-5-6-7-8-9-27-36-29(37-41-27)24-19-33-28(34-20-24)22-12-10-21(11-13-22)18-26(31(39)40)35-30(38)23-14-16-25(17-15-23)32(2,3)4/h10-17,19-20,26H,5-9,18H2,1-4H3,(H,35,38)(H,39,40)/t26-/m0/s1. The number of hydrogen-bond acceptors (Lipinski definition) is 7. The normalized spacial score (nSPS) is 12.2. The molecule has 2 aromatic heterocycles. The van der Waals surface area contributed by atoms with Crippen molar-refractivity contribution in [3.63, 3.8) is 0 Å². The lowest BCUT2D eigenvalue weighted by molar-refractivity contribution is -0.139. The second-order valence-corrected chi connectivity index (χ2v) is 11.2. The second-order valence-electron chi connectivity index (χ2n) is 11.2. The van der Waals surface area contributed by atoms with Gasteiger partial charge in [0.15, 0.2) is 5.82 Å². The summed E-state index contributed by atoms with van der Waals surface area (Å²) in [7, 11) is 0. The van der Waals surface area contributed by atoms with E-state index in [1.54, 1.807) is 24.5 Å². The fourth-order valence-electron chi connectivity index (χ4n) is 4.36. The Kier molecular flexibility index (Phi) is 9.60. The summed E-state index contributed by atoms with van der Waals surface area (Å²) in [6.07, 6.45) is 8.75. The first-order valence-electron chi connectivity index (χ1n) is 14.0. The van der Waals surface area contributed by atoms with Crippen molar-refractivity contribution in [2.24, 2.45) is 0 Å². The largest absolute Gasteiger partial charge is 0.480 e. The van der Waals surface area contributed by atoms with Gasteiger partial charge < -0.3 is 14.9 Å². The minimum absolute atomic E-state index is 0.0383. The number of amides is 1. The van der Waals surface area contributed by atoms with Gasteiger partial charge in [0, 0.05) is 36.4 Å². The lowest BCUT2D eigenvalue weighted by atomic mass is 9.86. The van der Waals surface area contributed by atoms with Gasteiger partial charge in [-0.1, -0.05) is 88.5 Å². The molecule has 9 heteroatoms. The molecule has 0 fully saturated rings. The Bertz CT molecular complexity index is 1440. The highest BCUT2D eigenvalue weighted by Gasteiger charge is 2.22. The maximum Gasteiger partial charge on any atom is 0.326 e. The van der Waals surface area contributed by atoms with E-state index in [9.17, 15) is 14.7 Å². The van der Waals surface area contributed by atoms with Crippen molar-refractivity contribution in [2.75, 3.05) is 0 Å². The Balaban J connectivity index is 1.36. The van der Waals surface area contributed by atoms with Crippen molar-refractivity contribution in [2.45, 2.75) is 77.7 Å². The number of benzene rings is 2. The predicted octanol–water partition coefficient (Wildman–Crippen LogP) is 6.04. The van der Waals surface area contributed by atoms with Crippen LogP contribution in [0.5, 0.6) is 0 Å². The molecule has 0 spiro atoms. The van der Waals surface area contributed by atoms with Crippen LogP contribution in [0.15, 0.2) is 65.4 Å². The monoisotopic (exact) mass is 555 g/mol. The Morgan fingerprint density at radius 2 is 1.59 bits per heavy atom. The molecule has 0 unspecified atom stereocenters. The van der Waals surface area contributed by atoms with E-state index in [1.165, 1.54) is 12.8 Å². The number of carbonyl (C=O) groups excluding carboxylic acids is 1. The SMILES string of the molecule is CCCCCCc1nc(-c2cnc(-c3ccc(C[C@H](NC(=O)c4ccc(C(C)(C)C)cc4)C(=O)O)cc3)nc2)no1. The Morgan fingerprint density at radius 3 is 2.20 bits per heavy atom. The van der Waals surface area contributed by atoms with Crippen molar-refractivity contribution in [3.05, 3.63) is 83.5 Å². The van der Waals surface area contributed by atoms with Crippen LogP contribution in [0.3, 0.4) is 0 Å². The third-order valence-electron chi connectivity index (χ3n) is 6.89. The molecule has 0 saturated carbocycles. The highest BCUT2D eigenvalue weighted by Crippen LogP contribution is 2.23.